The summed E-state index contributed by atoms with van der Waals surface area (Å²) in [6.07, 6.45) is 2.41. The largest absolute Gasteiger partial charge is 0.497 e. The molecule has 1 atom stereocenters. The first-order chi connectivity index (χ1) is 11.2. The zero-order valence-electron chi connectivity index (χ0n) is 14.0. The maximum absolute atomic E-state index is 5.29. The number of likely N-dealkylation sites (N-methyl/N-ethyl adjacent to an activating group) is 1. The third-order valence-electron chi connectivity index (χ3n) is 4.30. The predicted octanol–water partition coefficient (Wildman–Crippen LogP) is 2.97. The monoisotopic (exact) mass is 312 g/mol. The number of aryl methyl sites for hydroxylation is 1. The maximum atomic E-state index is 5.29. The quantitative estimate of drug-likeness (QED) is 0.940. The van der Waals surface area contributed by atoms with Gasteiger partial charge in [0.2, 0.25) is 0 Å². The van der Waals surface area contributed by atoms with E-state index in [2.05, 4.69) is 40.5 Å². The van der Waals surface area contributed by atoms with E-state index < -0.39 is 0 Å². The topological polar surface area (TPSA) is 50.3 Å². The Balaban J connectivity index is 1.77. The van der Waals surface area contributed by atoms with Crippen LogP contribution in [-0.2, 0) is 0 Å². The van der Waals surface area contributed by atoms with Gasteiger partial charge < -0.3 is 15.0 Å². The van der Waals surface area contributed by atoms with E-state index in [0.717, 1.165) is 34.9 Å². The Labute approximate surface area is 137 Å². The van der Waals surface area contributed by atoms with Crippen LogP contribution in [0.2, 0.25) is 0 Å². The highest BCUT2D eigenvalue weighted by molar-refractivity contribution is 5.65. The van der Waals surface area contributed by atoms with Gasteiger partial charge in [-0.05, 0) is 57.1 Å². The van der Waals surface area contributed by atoms with Gasteiger partial charge in [0, 0.05) is 18.2 Å². The van der Waals surface area contributed by atoms with Crippen molar-refractivity contribution in [3.8, 4) is 17.0 Å². The summed E-state index contributed by atoms with van der Waals surface area (Å²) >= 11 is 0. The molecule has 1 aliphatic heterocycles. The van der Waals surface area contributed by atoms with E-state index in [9.17, 15) is 0 Å². The number of hydrogen-bond acceptors (Lipinski definition) is 5. The molecule has 1 aromatic carbocycles. The summed E-state index contributed by atoms with van der Waals surface area (Å²) in [4.78, 5) is 2.35. The maximum Gasteiger partial charge on any atom is 0.149 e. The lowest BCUT2D eigenvalue weighted by Gasteiger charge is -2.30. The van der Waals surface area contributed by atoms with Gasteiger partial charge in [-0.3, -0.25) is 0 Å². The molecule has 3 rings (SSSR count). The normalized spacial score (nSPS) is 18.7. The Hall–Kier alpha value is -2.14. The average molecular weight is 312 g/mol. The Bertz CT molecular complexity index is 674. The van der Waals surface area contributed by atoms with E-state index in [1.807, 2.05) is 24.3 Å². The predicted molar refractivity (Wildman–Crippen MR) is 92.9 cm³/mol. The van der Waals surface area contributed by atoms with Crippen molar-refractivity contribution in [1.82, 2.24) is 15.1 Å². The summed E-state index contributed by atoms with van der Waals surface area (Å²) in [6, 6.07) is 10.4. The molecule has 0 amide bonds. The third-order valence-corrected chi connectivity index (χ3v) is 4.30. The summed E-state index contributed by atoms with van der Waals surface area (Å²) in [5, 5.41) is 12.3. The number of benzene rings is 1. The van der Waals surface area contributed by atoms with Crippen LogP contribution < -0.4 is 10.1 Å². The fourth-order valence-corrected chi connectivity index (χ4v) is 3.10. The molecule has 5 heteroatoms. The van der Waals surface area contributed by atoms with Gasteiger partial charge in [-0.1, -0.05) is 12.1 Å². The standard InChI is InChI=1S/C18H24N4O/c1-13-10-17(19-15-7-5-9-22(2)12-15)20-21-18(13)14-6-4-8-16(11-14)23-3/h4,6,8,10-11,15H,5,7,9,12H2,1-3H3,(H,19,20)/t15-/m1/s1. The molecule has 122 valence electrons. The van der Waals surface area contributed by atoms with Crippen molar-refractivity contribution in [1.29, 1.82) is 0 Å². The minimum absolute atomic E-state index is 0.449. The summed E-state index contributed by atoms with van der Waals surface area (Å²) in [5.41, 5.74) is 3.04. The fraction of sp³-hybridized carbons (Fsp3) is 0.444. The van der Waals surface area contributed by atoms with Gasteiger partial charge in [-0.15, -0.1) is 10.2 Å². The molecule has 5 nitrogen and oxygen atoms in total. The van der Waals surface area contributed by atoms with Crippen LogP contribution in [0.5, 0.6) is 5.75 Å². The number of methoxy groups -OCH3 is 1. The highest BCUT2D eigenvalue weighted by Crippen LogP contribution is 2.25. The number of rotatable bonds is 4. The number of aromatic nitrogens is 2. The summed E-state index contributed by atoms with van der Waals surface area (Å²) in [5.74, 6) is 1.69. The lowest BCUT2D eigenvalue weighted by Crippen LogP contribution is -2.39. The molecule has 1 aliphatic rings. The number of anilines is 1. The Morgan fingerprint density at radius 2 is 2.13 bits per heavy atom. The smallest absolute Gasteiger partial charge is 0.149 e. The first-order valence-electron chi connectivity index (χ1n) is 8.09. The summed E-state index contributed by atoms with van der Waals surface area (Å²) in [6.45, 7) is 4.30. The molecular weight excluding hydrogens is 288 g/mol. The lowest BCUT2D eigenvalue weighted by molar-refractivity contribution is 0.260. The van der Waals surface area contributed by atoms with Gasteiger partial charge in [0.25, 0.3) is 0 Å². The van der Waals surface area contributed by atoms with Gasteiger partial charge >= 0.3 is 0 Å². The van der Waals surface area contributed by atoms with E-state index in [4.69, 9.17) is 4.74 Å². The highest BCUT2D eigenvalue weighted by Gasteiger charge is 2.17. The Morgan fingerprint density at radius 1 is 1.26 bits per heavy atom. The fourth-order valence-electron chi connectivity index (χ4n) is 3.10. The molecule has 2 aromatic rings. The molecule has 1 saturated heterocycles. The molecule has 0 bridgehead atoms. The molecule has 1 N–H and O–H groups in total. The first kappa shape index (κ1) is 15.7. The molecule has 1 aromatic heterocycles. The Morgan fingerprint density at radius 3 is 2.87 bits per heavy atom. The molecule has 2 heterocycles. The van der Waals surface area contributed by atoms with Gasteiger partial charge in [0.1, 0.15) is 11.6 Å². The second kappa shape index (κ2) is 6.96. The highest BCUT2D eigenvalue weighted by atomic mass is 16.5. The number of nitrogens with zero attached hydrogens (tertiary/aromatic N) is 3. The van der Waals surface area contributed by atoms with Crippen molar-refractivity contribution in [2.45, 2.75) is 25.8 Å². The van der Waals surface area contributed by atoms with E-state index >= 15 is 0 Å². The van der Waals surface area contributed by atoms with E-state index in [1.54, 1.807) is 7.11 Å². The van der Waals surface area contributed by atoms with Crippen LogP contribution in [0.25, 0.3) is 11.3 Å². The van der Waals surface area contributed by atoms with Gasteiger partial charge in [0.05, 0.1) is 12.8 Å². The zero-order chi connectivity index (χ0) is 16.2. The second-order valence-electron chi connectivity index (χ2n) is 6.24. The molecule has 0 saturated carbocycles. The molecule has 23 heavy (non-hydrogen) atoms. The molecule has 0 unspecified atom stereocenters. The van der Waals surface area contributed by atoms with Gasteiger partial charge in [0.15, 0.2) is 0 Å². The number of hydrogen-bond donors (Lipinski definition) is 1. The van der Waals surface area contributed by atoms with E-state index in [-0.39, 0.29) is 0 Å². The van der Waals surface area contributed by atoms with Crippen LogP contribution in [0.3, 0.4) is 0 Å². The first-order valence-corrected chi connectivity index (χ1v) is 8.09. The molecule has 0 spiro atoms. The molecule has 0 aliphatic carbocycles. The van der Waals surface area contributed by atoms with Crippen LogP contribution in [0.15, 0.2) is 30.3 Å². The van der Waals surface area contributed by atoms with Crippen molar-refractivity contribution in [2.75, 3.05) is 32.6 Å². The van der Waals surface area contributed by atoms with Crippen LogP contribution >= 0.6 is 0 Å². The van der Waals surface area contributed by atoms with Crippen molar-refractivity contribution >= 4 is 5.82 Å². The minimum atomic E-state index is 0.449. The van der Waals surface area contributed by atoms with Crippen LogP contribution in [0.1, 0.15) is 18.4 Å². The van der Waals surface area contributed by atoms with Crippen LogP contribution in [0.4, 0.5) is 5.82 Å². The van der Waals surface area contributed by atoms with Crippen LogP contribution in [0, 0.1) is 6.92 Å². The average Bonchev–Trinajstić information content (AvgIpc) is 2.55. The summed E-state index contributed by atoms with van der Waals surface area (Å²) < 4.78 is 5.29. The molecule has 1 fully saturated rings. The summed E-state index contributed by atoms with van der Waals surface area (Å²) in [7, 11) is 3.84. The number of likely N-dealkylation sites (tertiary alicyclic amines) is 1. The number of piperidine rings is 1. The van der Waals surface area contributed by atoms with Gasteiger partial charge in [-0.2, -0.15) is 0 Å². The third kappa shape index (κ3) is 3.79. The second-order valence-corrected chi connectivity index (χ2v) is 6.24. The minimum Gasteiger partial charge on any atom is -0.497 e. The van der Waals surface area contributed by atoms with Crippen molar-refractivity contribution in [3.63, 3.8) is 0 Å². The van der Waals surface area contributed by atoms with Crippen molar-refractivity contribution in [2.24, 2.45) is 0 Å². The van der Waals surface area contributed by atoms with Crippen molar-refractivity contribution < 1.29 is 4.74 Å². The van der Waals surface area contributed by atoms with E-state index in [0.29, 0.717) is 6.04 Å². The van der Waals surface area contributed by atoms with E-state index in [1.165, 1.54) is 19.4 Å². The SMILES string of the molecule is COc1cccc(-c2nnc(N[C@@H]3CCCN(C)C3)cc2C)c1. The number of ether oxygens (including phenoxy) is 1. The van der Waals surface area contributed by atoms with Crippen molar-refractivity contribution in [3.05, 3.63) is 35.9 Å². The zero-order valence-corrected chi connectivity index (χ0v) is 14.0. The molecular formula is C18H24N4O. The molecule has 0 radical (unpaired) electrons. The number of nitrogens with one attached hydrogen (secondary N) is 1. The van der Waals surface area contributed by atoms with Crippen LogP contribution in [-0.4, -0.2) is 48.4 Å². The lowest BCUT2D eigenvalue weighted by atomic mass is 10.1. The van der Waals surface area contributed by atoms with Gasteiger partial charge in [-0.25, -0.2) is 0 Å². The Kier molecular flexibility index (Phi) is 4.76.